The van der Waals surface area contributed by atoms with Crippen LogP contribution in [0.1, 0.15) is 15.9 Å². The molecule has 0 aliphatic heterocycles. The molecular formula is C8H12ClNO3. The van der Waals surface area contributed by atoms with Crippen LogP contribution in [0, 0.1) is 6.92 Å². The zero-order valence-electron chi connectivity index (χ0n) is 7.10. The molecule has 0 bridgehead atoms. The largest absolute Gasteiger partial charge is 0.478 e. The first kappa shape index (κ1) is 14.4. The second kappa shape index (κ2) is 7.54. The van der Waals surface area contributed by atoms with Gasteiger partial charge in [0.1, 0.15) is 0 Å². The number of hydrogen-bond donors (Lipinski definition) is 3. The van der Waals surface area contributed by atoms with Crippen LogP contribution >= 0.6 is 12.4 Å². The number of carbonyl (C=O) groups is 1. The van der Waals surface area contributed by atoms with Crippen molar-refractivity contribution in [3.63, 3.8) is 0 Å². The normalized spacial score (nSPS) is 7.62. The standard InChI is InChI=1S/C8H8O2.ClH.H3NO/c1-6-2-4-7(5-3-6)8(9)10;;1-2/h2-5H,1H3,(H,9,10);1H;2H,1H2. The molecule has 0 aromatic heterocycles. The molecule has 4 nitrogen and oxygen atoms in total. The molecule has 5 heteroatoms. The lowest BCUT2D eigenvalue weighted by Crippen LogP contribution is -1.94. The van der Waals surface area contributed by atoms with Crippen molar-refractivity contribution in [1.82, 2.24) is 0 Å². The number of halogens is 1. The zero-order chi connectivity index (χ0) is 9.56. The van der Waals surface area contributed by atoms with Gasteiger partial charge >= 0.3 is 5.97 Å². The summed E-state index contributed by atoms with van der Waals surface area (Å²) in [5.74, 6) is 2.62. The van der Waals surface area contributed by atoms with Crippen molar-refractivity contribution in [1.29, 1.82) is 0 Å². The molecule has 0 unspecified atom stereocenters. The highest BCUT2D eigenvalue weighted by Gasteiger charge is 1.98. The molecule has 0 saturated carbocycles. The SMILES string of the molecule is Cc1ccc(C(=O)O)cc1.Cl.NO. The molecule has 0 fully saturated rings. The highest BCUT2D eigenvalue weighted by atomic mass is 35.5. The number of aryl methyl sites for hydroxylation is 1. The molecule has 0 heterocycles. The van der Waals surface area contributed by atoms with E-state index in [1.807, 2.05) is 6.92 Å². The monoisotopic (exact) mass is 205 g/mol. The Labute approximate surface area is 82.4 Å². The van der Waals surface area contributed by atoms with Gasteiger partial charge in [0.2, 0.25) is 0 Å². The van der Waals surface area contributed by atoms with Crippen molar-refractivity contribution in [3.8, 4) is 0 Å². The Morgan fingerprint density at radius 1 is 1.23 bits per heavy atom. The van der Waals surface area contributed by atoms with E-state index in [4.69, 9.17) is 10.3 Å². The Morgan fingerprint density at radius 3 is 1.92 bits per heavy atom. The lowest BCUT2D eigenvalue weighted by molar-refractivity contribution is 0.0697. The predicted molar refractivity (Wildman–Crippen MR) is 51.4 cm³/mol. The van der Waals surface area contributed by atoms with E-state index in [9.17, 15) is 4.79 Å². The molecule has 0 amide bonds. The van der Waals surface area contributed by atoms with Crippen LogP contribution in [0.4, 0.5) is 0 Å². The highest BCUT2D eigenvalue weighted by molar-refractivity contribution is 5.87. The number of aromatic carboxylic acids is 1. The van der Waals surface area contributed by atoms with Crippen LogP contribution in [0.5, 0.6) is 0 Å². The van der Waals surface area contributed by atoms with Crippen LogP contribution in [-0.2, 0) is 0 Å². The van der Waals surface area contributed by atoms with Crippen LogP contribution in [0.3, 0.4) is 0 Å². The van der Waals surface area contributed by atoms with Crippen LogP contribution in [-0.4, -0.2) is 16.3 Å². The average molecular weight is 206 g/mol. The third-order valence-corrected chi connectivity index (χ3v) is 1.30. The number of carboxylic acid groups (broad SMARTS) is 1. The zero-order valence-corrected chi connectivity index (χ0v) is 7.91. The summed E-state index contributed by atoms with van der Waals surface area (Å²) in [6.07, 6.45) is 0. The van der Waals surface area contributed by atoms with Crippen LogP contribution in [0.25, 0.3) is 0 Å². The summed E-state index contributed by atoms with van der Waals surface area (Å²) < 4.78 is 0. The van der Waals surface area contributed by atoms with Gasteiger partial charge < -0.3 is 10.3 Å². The second-order valence-electron chi connectivity index (χ2n) is 2.17. The molecule has 13 heavy (non-hydrogen) atoms. The second-order valence-corrected chi connectivity index (χ2v) is 2.17. The van der Waals surface area contributed by atoms with Gasteiger partial charge in [-0.25, -0.2) is 10.7 Å². The number of carboxylic acids is 1. The molecule has 0 aliphatic carbocycles. The van der Waals surface area contributed by atoms with Crippen molar-refractivity contribution in [2.24, 2.45) is 5.90 Å². The maximum Gasteiger partial charge on any atom is 0.335 e. The smallest absolute Gasteiger partial charge is 0.335 e. The molecule has 0 atom stereocenters. The lowest BCUT2D eigenvalue weighted by Gasteiger charge is -1.92. The lowest BCUT2D eigenvalue weighted by atomic mass is 10.2. The Bertz CT molecular complexity index is 248. The summed E-state index contributed by atoms with van der Waals surface area (Å²) in [5.41, 5.74) is 1.41. The van der Waals surface area contributed by atoms with Crippen LogP contribution < -0.4 is 5.90 Å². The van der Waals surface area contributed by atoms with Gasteiger partial charge in [-0.05, 0) is 19.1 Å². The molecule has 1 aromatic carbocycles. The van der Waals surface area contributed by atoms with Crippen LogP contribution in [0.2, 0.25) is 0 Å². The van der Waals surface area contributed by atoms with E-state index in [2.05, 4.69) is 5.90 Å². The Balaban J connectivity index is 0. The Hall–Kier alpha value is -1.10. The van der Waals surface area contributed by atoms with Gasteiger partial charge in [-0.2, -0.15) is 0 Å². The average Bonchev–Trinajstić information content (AvgIpc) is 2.09. The quantitative estimate of drug-likeness (QED) is 0.606. The molecule has 0 spiro atoms. The molecule has 74 valence electrons. The maximum absolute atomic E-state index is 10.3. The summed E-state index contributed by atoms with van der Waals surface area (Å²) >= 11 is 0. The van der Waals surface area contributed by atoms with Crippen molar-refractivity contribution >= 4 is 18.4 Å². The molecule has 1 rings (SSSR count). The van der Waals surface area contributed by atoms with E-state index >= 15 is 0 Å². The van der Waals surface area contributed by atoms with E-state index in [0.717, 1.165) is 5.56 Å². The molecule has 0 aliphatic rings. The first-order valence-corrected chi connectivity index (χ1v) is 3.26. The predicted octanol–water partition coefficient (Wildman–Crippen LogP) is 1.45. The summed E-state index contributed by atoms with van der Waals surface area (Å²) in [6.45, 7) is 1.92. The van der Waals surface area contributed by atoms with Gasteiger partial charge in [-0.3, -0.25) is 0 Å². The summed E-state index contributed by atoms with van der Waals surface area (Å²) in [4.78, 5) is 10.3. The Kier molecular flexibility index (Phi) is 8.37. The number of nitrogens with two attached hydrogens (primary N) is 1. The van der Waals surface area contributed by atoms with Crippen molar-refractivity contribution in [3.05, 3.63) is 35.4 Å². The van der Waals surface area contributed by atoms with E-state index < -0.39 is 5.97 Å². The number of hydrogen-bond acceptors (Lipinski definition) is 3. The fraction of sp³-hybridized carbons (Fsp3) is 0.125. The first-order chi connectivity index (χ1) is 5.70. The highest BCUT2D eigenvalue weighted by Crippen LogP contribution is 2.01. The van der Waals surface area contributed by atoms with Crippen molar-refractivity contribution in [2.45, 2.75) is 6.92 Å². The minimum absolute atomic E-state index is 0. The summed E-state index contributed by atoms with van der Waals surface area (Å²) in [7, 11) is 0. The third-order valence-electron chi connectivity index (χ3n) is 1.30. The molecule has 0 saturated heterocycles. The molecule has 4 N–H and O–H groups in total. The maximum atomic E-state index is 10.3. The fourth-order valence-electron chi connectivity index (χ4n) is 0.696. The third kappa shape index (κ3) is 5.19. The van der Waals surface area contributed by atoms with Gasteiger partial charge in [0.25, 0.3) is 0 Å². The van der Waals surface area contributed by atoms with Crippen LogP contribution in [0.15, 0.2) is 24.3 Å². The summed E-state index contributed by atoms with van der Waals surface area (Å²) in [6, 6.07) is 6.75. The van der Waals surface area contributed by atoms with Gasteiger partial charge in [-0.15, -0.1) is 12.4 Å². The van der Waals surface area contributed by atoms with Gasteiger partial charge in [-0.1, -0.05) is 17.7 Å². The van der Waals surface area contributed by atoms with E-state index in [-0.39, 0.29) is 12.4 Å². The van der Waals surface area contributed by atoms with Gasteiger partial charge in [0.15, 0.2) is 0 Å². The van der Waals surface area contributed by atoms with E-state index in [1.54, 1.807) is 24.3 Å². The number of rotatable bonds is 1. The number of benzene rings is 1. The van der Waals surface area contributed by atoms with E-state index in [1.165, 1.54) is 0 Å². The minimum Gasteiger partial charge on any atom is -0.478 e. The summed E-state index contributed by atoms with van der Waals surface area (Å²) in [5, 5.41) is 15.0. The van der Waals surface area contributed by atoms with E-state index in [0.29, 0.717) is 5.56 Å². The van der Waals surface area contributed by atoms with Gasteiger partial charge in [0.05, 0.1) is 5.56 Å². The Morgan fingerprint density at radius 2 is 1.62 bits per heavy atom. The fourth-order valence-corrected chi connectivity index (χ4v) is 0.696. The molecule has 1 aromatic rings. The molecular weight excluding hydrogens is 194 g/mol. The van der Waals surface area contributed by atoms with Gasteiger partial charge in [0, 0.05) is 0 Å². The van der Waals surface area contributed by atoms with Crippen molar-refractivity contribution in [2.75, 3.05) is 0 Å². The topological polar surface area (TPSA) is 83.5 Å². The van der Waals surface area contributed by atoms with Crippen molar-refractivity contribution < 1.29 is 15.1 Å². The molecule has 0 radical (unpaired) electrons. The first-order valence-electron chi connectivity index (χ1n) is 3.26. The minimum atomic E-state index is -0.875.